The van der Waals surface area contributed by atoms with Crippen molar-refractivity contribution in [2.45, 2.75) is 37.3 Å². The number of carbonyl (C=O) groups is 1. The molecule has 0 saturated carbocycles. The third-order valence-corrected chi connectivity index (χ3v) is 5.46. The molecule has 2 heterocycles. The molecule has 0 saturated heterocycles. The van der Waals surface area contributed by atoms with E-state index in [1.165, 1.54) is 0 Å². The number of ether oxygens (including phenoxy) is 2. The number of amides is 1. The van der Waals surface area contributed by atoms with E-state index in [-0.39, 0.29) is 0 Å². The van der Waals surface area contributed by atoms with Crippen molar-refractivity contribution in [3.05, 3.63) is 48.2 Å². The number of unbranched alkanes of at least 4 members (excludes halogenated alkanes) is 1. The number of nitrogens with zero attached hydrogens (tertiary/aromatic N) is 1. The third kappa shape index (κ3) is 4.40. The summed E-state index contributed by atoms with van der Waals surface area (Å²) in [5.41, 5.74) is 0.923. The lowest BCUT2D eigenvalue weighted by Gasteiger charge is -2.32. The Hall–Kier alpha value is -2.41. The van der Waals surface area contributed by atoms with Gasteiger partial charge in [-0.1, -0.05) is 6.07 Å². The first-order valence-electron chi connectivity index (χ1n) is 8.52. The van der Waals surface area contributed by atoms with Gasteiger partial charge in [-0.05, 0) is 57.0 Å². The Morgan fingerprint density at radius 2 is 2.08 bits per heavy atom. The average molecular weight is 374 g/mol. The van der Waals surface area contributed by atoms with Crippen molar-refractivity contribution in [2.75, 3.05) is 17.7 Å². The summed E-state index contributed by atoms with van der Waals surface area (Å²) in [5.74, 6) is 1.29. The summed E-state index contributed by atoms with van der Waals surface area (Å²) in [4.78, 5) is 15.6. The summed E-state index contributed by atoms with van der Waals surface area (Å²) in [6.07, 6.45) is 2.79. The minimum Gasteiger partial charge on any atom is -0.494 e. The number of cyclic esters (lactones) is 1. The van der Waals surface area contributed by atoms with E-state index in [0.717, 1.165) is 29.8 Å². The Morgan fingerprint density at radius 3 is 2.85 bits per heavy atom. The quantitative estimate of drug-likeness (QED) is 0.745. The van der Waals surface area contributed by atoms with E-state index in [1.807, 2.05) is 44.2 Å². The fourth-order valence-corrected chi connectivity index (χ4v) is 3.84. The summed E-state index contributed by atoms with van der Waals surface area (Å²) in [7, 11) is -1.07. The average Bonchev–Trinajstić information content (AvgIpc) is 2.61. The van der Waals surface area contributed by atoms with Crippen LogP contribution in [0, 0.1) is 0 Å². The van der Waals surface area contributed by atoms with Gasteiger partial charge in [0.1, 0.15) is 16.4 Å². The molecule has 26 heavy (non-hydrogen) atoms. The Labute approximate surface area is 155 Å². The molecule has 1 aromatic heterocycles. The van der Waals surface area contributed by atoms with Crippen LogP contribution in [0.15, 0.2) is 47.6 Å². The molecule has 2 aromatic rings. The van der Waals surface area contributed by atoms with Crippen LogP contribution in [-0.2, 0) is 21.1 Å². The van der Waals surface area contributed by atoms with Gasteiger partial charge in [0, 0.05) is 17.5 Å². The molecule has 0 fully saturated rings. The van der Waals surface area contributed by atoms with Gasteiger partial charge in [-0.15, -0.1) is 0 Å². The number of anilines is 1. The van der Waals surface area contributed by atoms with Crippen LogP contribution >= 0.6 is 0 Å². The maximum Gasteiger partial charge on any atom is 0.412 e. The summed E-state index contributed by atoms with van der Waals surface area (Å²) in [5, 5.41) is 3.31. The van der Waals surface area contributed by atoms with E-state index in [0.29, 0.717) is 17.4 Å². The van der Waals surface area contributed by atoms with Gasteiger partial charge in [-0.3, -0.25) is 9.53 Å². The lowest BCUT2D eigenvalue weighted by atomic mass is 9.94. The van der Waals surface area contributed by atoms with Gasteiger partial charge in [-0.25, -0.2) is 9.78 Å². The fraction of sp³-hybridized carbons (Fsp3) is 0.368. The zero-order valence-electron chi connectivity index (χ0n) is 14.9. The standard InChI is InChI=1S/C19H22N2O4S/c1-19(2)15-13-14(8-9-16(15)21-18(22)25-19)24-11-5-6-12-26(23)17-7-3-4-10-20-17/h3-4,7-10,13H,5-6,11-12H2,1-2H3,(H,21,22). The van der Waals surface area contributed by atoms with Crippen LogP contribution in [0.5, 0.6) is 5.75 Å². The van der Waals surface area contributed by atoms with Gasteiger partial charge in [0.05, 0.1) is 23.1 Å². The number of carbonyl (C=O) groups excluding carboxylic acids is 1. The van der Waals surface area contributed by atoms with E-state index >= 15 is 0 Å². The molecule has 1 aromatic carbocycles. The van der Waals surface area contributed by atoms with Crippen LogP contribution in [0.2, 0.25) is 0 Å². The molecule has 0 bridgehead atoms. The molecule has 6 nitrogen and oxygen atoms in total. The number of hydrogen-bond acceptors (Lipinski definition) is 5. The summed E-state index contributed by atoms with van der Waals surface area (Å²) in [6.45, 7) is 4.23. The second-order valence-corrected chi connectivity index (χ2v) is 8.02. The second-order valence-electron chi connectivity index (χ2n) is 6.51. The Kier molecular flexibility index (Phi) is 5.56. The van der Waals surface area contributed by atoms with Crippen LogP contribution in [-0.4, -0.2) is 27.6 Å². The fourth-order valence-electron chi connectivity index (χ4n) is 2.75. The SMILES string of the molecule is CC1(C)OC(=O)Nc2ccc(OCCCCS(=O)c3ccccn3)cc21. The Balaban J connectivity index is 1.49. The monoisotopic (exact) mass is 374 g/mol. The number of benzene rings is 1. The summed E-state index contributed by atoms with van der Waals surface area (Å²) in [6, 6.07) is 11.0. The number of hydrogen-bond donors (Lipinski definition) is 1. The Bertz CT molecular complexity index is 808. The topological polar surface area (TPSA) is 77.5 Å². The molecule has 1 aliphatic heterocycles. The lowest BCUT2D eigenvalue weighted by molar-refractivity contribution is 0.0418. The highest BCUT2D eigenvalue weighted by Gasteiger charge is 2.33. The van der Waals surface area contributed by atoms with Crippen LogP contribution in [0.3, 0.4) is 0 Å². The second kappa shape index (κ2) is 7.86. The molecule has 1 amide bonds. The highest BCUT2D eigenvalue weighted by atomic mass is 32.2. The summed E-state index contributed by atoms with van der Waals surface area (Å²) < 4.78 is 23.2. The molecule has 1 aliphatic rings. The molecule has 7 heteroatoms. The zero-order chi connectivity index (χ0) is 18.6. The minimum atomic E-state index is -1.07. The van der Waals surface area contributed by atoms with Gasteiger partial charge in [0.2, 0.25) is 0 Å². The van der Waals surface area contributed by atoms with Crippen molar-refractivity contribution in [1.82, 2.24) is 4.98 Å². The highest BCUT2D eigenvalue weighted by Crippen LogP contribution is 2.37. The first kappa shape index (κ1) is 18.4. The van der Waals surface area contributed by atoms with Crippen LogP contribution in [0.4, 0.5) is 10.5 Å². The highest BCUT2D eigenvalue weighted by molar-refractivity contribution is 7.84. The van der Waals surface area contributed by atoms with E-state index in [2.05, 4.69) is 10.3 Å². The number of fused-ring (bicyclic) bond motifs is 1. The van der Waals surface area contributed by atoms with Gasteiger partial charge in [-0.2, -0.15) is 0 Å². The number of nitrogens with one attached hydrogen (secondary N) is 1. The molecule has 0 aliphatic carbocycles. The maximum atomic E-state index is 12.1. The van der Waals surface area contributed by atoms with Crippen LogP contribution in [0.1, 0.15) is 32.3 Å². The van der Waals surface area contributed by atoms with E-state index in [1.54, 1.807) is 12.3 Å². The van der Waals surface area contributed by atoms with Crippen LogP contribution < -0.4 is 10.1 Å². The van der Waals surface area contributed by atoms with Crippen molar-refractivity contribution >= 4 is 22.6 Å². The third-order valence-electron chi connectivity index (χ3n) is 4.09. The zero-order valence-corrected chi connectivity index (χ0v) is 15.7. The molecule has 1 unspecified atom stereocenters. The molecule has 1 atom stereocenters. The van der Waals surface area contributed by atoms with Gasteiger partial charge >= 0.3 is 6.09 Å². The maximum absolute atomic E-state index is 12.1. The van der Waals surface area contributed by atoms with Gasteiger partial charge in [0.15, 0.2) is 0 Å². The summed E-state index contributed by atoms with van der Waals surface area (Å²) >= 11 is 0. The van der Waals surface area contributed by atoms with E-state index < -0.39 is 22.5 Å². The van der Waals surface area contributed by atoms with Crippen LogP contribution in [0.25, 0.3) is 0 Å². The normalized spacial score (nSPS) is 16.2. The largest absolute Gasteiger partial charge is 0.494 e. The minimum absolute atomic E-state index is 0.447. The smallest absolute Gasteiger partial charge is 0.412 e. The number of pyridine rings is 1. The van der Waals surface area contributed by atoms with Crippen molar-refractivity contribution in [1.29, 1.82) is 0 Å². The van der Waals surface area contributed by atoms with Gasteiger partial charge in [0.25, 0.3) is 0 Å². The molecular formula is C19H22N2O4S. The van der Waals surface area contributed by atoms with Crippen molar-refractivity contribution in [3.63, 3.8) is 0 Å². The predicted molar refractivity (Wildman–Crippen MR) is 99.8 cm³/mol. The molecule has 138 valence electrons. The van der Waals surface area contributed by atoms with Crippen molar-refractivity contribution in [2.24, 2.45) is 0 Å². The number of aromatic nitrogens is 1. The van der Waals surface area contributed by atoms with Crippen molar-refractivity contribution in [3.8, 4) is 5.75 Å². The molecule has 0 radical (unpaired) electrons. The first-order chi connectivity index (χ1) is 12.5. The van der Waals surface area contributed by atoms with Crippen molar-refractivity contribution < 1.29 is 18.5 Å². The predicted octanol–water partition coefficient (Wildman–Crippen LogP) is 3.85. The van der Waals surface area contributed by atoms with E-state index in [4.69, 9.17) is 9.47 Å². The van der Waals surface area contributed by atoms with E-state index in [9.17, 15) is 9.00 Å². The number of rotatable bonds is 7. The Morgan fingerprint density at radius 1 is 1.23 bits per heavy atom. The lowest BCUT2D eigenvalue weighted by Crippen LogP contribution is -2.34. The first-order valence-corrected chi connectivity index (χ1v) is 9.84. The molecule has 3 rings (SSSR count). The molecule has 0 spiro atoms. The molecule has 1 N–H and O–H groups in total. The molecular weight excluding hydrogens is 352 g/mol. The van der Waals surface area contributed by atoms with Gasteiger partial charge < -0.3 is 9.47 Å².